The molecule has 1 aliphatic rings. The summed E-state index contributed by atoms with van der Waals surface area (Å²) >= 11 is 0. The van der Waals surface area contributed by atoms with Crippen molar-refractivity contribution in [2.45, 2.75) is 19.6 Å². The van der Waals surface area contributed by atoms with Gasteiger partial charge >= 0.3 is 0 Å². The molecule has 0 spiro atoms. The highest BCUT2D eigenvalue weighted by atomic mass is 16.5. The molecule has 1 aliphatic heterocycles. The quantitative estimate of drug-likeness (QED) is 0.773. The number of ether oxygens (including phenoxy) is 2. The van der Waals surface area contributed by atoms with E-state index in [-0.39, 0.29) is 0 Å². The van der Waals surface area contributed by atoms with Gasteiger partial charge in [-0.25, -0.2) is 4.98 Å². The smallest absolute Gasteiger partial charge is 0.254 e. The Labute approximate surface area is 144 Å². The van der Waals surface area contributed by atoms with Gasteiger partial charge < -0.3 is 19.5 Å². The first kappa shape index (κ1) is 15.6. The molecule has 8 heteroatoms. The molecule has 1 aromatic carbocycles. The predicted molar refractivity (Wildman–Crippen MR) is 91.1 cm³/mol. The Hall–Kier alpha value is -2.87. The van der Waals surface area contributed by atoms with Crippen LogP contribution in [0.3, 0.4) is 0 Å². The molecule has 1 N–H and O–H groups in total. The summed E-state index contributed by atoms with van der Waals surface area (Å²) in [5.74, 6) is 2.75. The van der Waals surface area contributed by atoms with E-state index in [1.165, 1.54) is 6.33 Å². The van der Waals surface area contributed by atoms with Gasteiger partial charge in [0.2, 0.25) is 0 Å². The van der Waals surface area contributed by atoms with Crippen molar-refractivity contribution < 1.29 is 14.6 Å². The lowest BCUT2D eigenvalue weighted by Crippen LogP contribution is -2.35. The number of benzene rings is 1. The third-order valence-electron chi connectivity index (χ3n) is 4.47. The number of hydrogen-bond acceptors (Lipinski definition) is 7. The Bertz CT molecular complexity index is 939. The van der Waals surface area contributed by atoms with Gasteiger partial charge in [0.25, 0.3) is 5.78 Å². The van der Waals surface area contributed by atoms with Gasteiger partial charge in [0.15, 0.2) is 0 Å². The highest BCUT2D eigenvalue weighted by Gasteiger charge is 2.31. The van der Waals surface area contributed by atoms with Crippen molar-refractivity contribution in [3.8, 4) is 11.5 Å². The summed E-state index contributed by atoms with van der Waals surface area (Å²) in [6.07, 6.45) is 0.768. The molecule has 130 valence electrons. The van der Waals surface area contributed by atoms with E-state index < -0.39 is 6.10 Å². The van der Waals surface area contributed by atoms with E-state index in [0.29, 0.717) is 24.6 Å². The number of rotatable bonds is 3. The number of aromatic nitrogens is 4. The standard InChI is InChI=1S/C17H19N5O3/c1-10-6-15(22-17(20-10)18-9-19-22)21-7-11-13(24-2)4-5-14(25-3)16(11)12(23)8-21/h4-6,9,12,23H,7-8H2,1-3H3. The number of nitrogens with zero attached hydrogens (tertiary/aromatic N) is 5. The maximum Gasteiger partial charge on any atom is 0.254 e. The molecule has 0 saturated heterocycles. The molecule has 0 bridgehead atoms. The fourth-order valence-corrected chi connectivity index (χ4v) is 3.39. The second kappa shape index (κ2) is 5.89. The molecule has 0 aliphatic carbocycles. The molecule has 1 unspecified atom stereocenters. The maximum absolute atomic E-state index is 10.8. The topological polar surface area (TPSA) is 85.0 Å². The number of aliphatic hydroxyl groups excluding tert-OH is 1. The predicted octanol–water partition coefficient (Wildman–Crippen LogP) is 1.50. The van der Waals surface area contributed by atoms with E-state index in [2.05, 4.69) is 15.1 Å². The lowest BCUT2D eigenvalue weighted by molar-refractivity contribution is 0.169. The molecular weight excluding hydrogens is 322 g/mol. The van der Waals surface area contributed by atoms with Crippen molar-refractivity contribution in [2.75, 3.05) is 25.7 Å². The number of β-amino-alcohol motifs (C(OH)–C–C–N with tert-alkyl or cyclic N) is 1. The van der Waals surface area contributed by atoms with E-state index in [4.69, 9.17) is 9.47 Å². The molecule has 8 nitrogen and oxygen atoms in total. The van der Waals surface area contributed by atoms with Gasteiger partial charge in [0.1, 0.15) is 29.7 Å². The normalized spacial score (nSPS) is 16.8. The van der Waals surface area contributed by atoms with E-state index >= 15 is 0 Å². The minimum absolute atomic E-state index is 0.412. The lowest BCUT2D eigenvalue weighted by atomic mass is 9.95. The van der Waals surface area contributed by atoms with Crippen LogP contribution in [0.5, 0.6) is 11.5 Å². The molecular formula is C17H19N5O3. The van der Waals surface area contributed by atoms with Crippen LogP contribution in [0, 0.1) is 6.92 Å². The highest BCUT2D eigenvalue weighted by Crippen LogP contribution is 2.40. The number of hydrogen-bond donors (Lipinski definition) is 1. The van der Waals surface area contributed by atoms with Crippen LogP contribution in [-0.2, 0) is 6.54 Å². The molecule has 4 rings (SSSR count). The first-order chi connectivity index (χ1) is 12.1. The van der Waals surface area contributed by atoms with Gasteiger partial charge in [-0.05, 0) is 19.1 Å². The summed E-state index contributed by atoms with van der Waals surface area (Å²) in [5.41, 5.74) is 2.52. The molecule has 1 atom stereocenters. The van der Waals surface area contributed by atoms with E-state index in [1.807, 2.05) is 30.0 Å². The van der Waals surface area contributed by atoms with Gasteiger partial charge in [-0.2, -0.15) is 14.6 Å². The van der Waals surface area contributed by atoms with Crippen LogP contribution in [0.15, 0.2) is 24.5 Å². The van der Waals surface area contributed by atoms with Crippen LogP contribution in [0.4, 0.5) is 5.82 Å². The van der Waals surface area contributed by atoms with Crippen LogP contribution in [0.1, 0.15) is 22.9 Å². The zero-order chi connectivity index (χ0) is 17.6. The third kappa shape index (κ3) is 2.45. The van der Waals surface area contributed by atoms with Crippen LogP contribution >= 0.6 is 0 Å². The Balaban J connectivity index is 1.84. The summed E-state index contributed by atoms with van der Waals surface area (Å²) in [7, 11) is 3.23. The van der Waals surface area contributed by atoms with Crippen LogP contribution in [-0.4, -0.2) is 45.5 Å². The van der Waals surface area contributed by atoms with Gasteiger partial charge in [0, 0.05) is 29.4 Å². The zero-order valence-corrected chi connectivity index (χ0v) is 14.3. The Morgan fingerprint density at radius 2 is 1.96 bits per heavy atom. The molecule has 2 aromatic heterocycles. The minimum atomic E-state index is -0.708. The van der Waals surface area contributed by atoms with Crippen molar-refractivity contribution in [1.29, 1.82) is 0 Å². The molecule has 3 aromatic rings. The average Bonchev–Trinajstić information content (AvgIpc) is 3.08. The molecule has 3 heterocycles. The summed E-state index contributed by atoms with van der Waals surface area (Å²) in [6.45, 7) is 2.89. The van der Waals surface area contributed by atoms with Gasteiger partial charge in [0.05, 0.1) is 20.8 Å². The van der Waals surface area contributed by atoms with E-state index in [9.17, 15) is 5.11 Å². The summed E-state index contributed by atoms with van der Waals surface area (Å²) in [4.78, 5) is 10.6. The molecule has 25 heavy (non-hydrogen) atoms. The van der Waals surface area contributed by atoms with E-state index in [0.717, 1.165) is 28.4 Å². The van der Waals surface area contributed by atoms with Crippen LogP contribution in [0.2, 0.25) is 0 Å². The lowest BCUT2D eigenvalue weighted by Gasteiger charge is -2.35. The Morgan fingerprint density at radius 3 is 2.72 bits per heavy atom. The largest absolute Gasteiger partial charge is 0.496 e. The van der Waals surface area contributed by atoms with Crippen molar-refractivity contribution in [3.05, 3.63) is 41.3 Å². The Kier molecular flexibility index (Phi) is 3.69. The van der Waals surface area contributed by atoms with Crippen molar-refractivity contribution >= 4 is 11.6 Å². The van der Waals surface area contributed by atoms with Gasteiger partial charge in [-0.15, -0.1) is 0 Å². The van der Waals surface area contributed by atoms with Crippen LogP contribution in [0.25, 0.3) is 5.78 Å². The number of aryl methyl sites for hydroxylation is 1. The number of aliphatic hydroxyl groups is 1. The van der Waals surface area contributed by atoms with E-state index in [1.54, 1.807) is 18.7 Å². The maximum atomic E-state index is 10.8. The molecule has 0 saturated carbocycles. The average molecular weight is 341 g/mol. The van der Waals surface area contributed by atoms with Crippen molar-refractivity contribution in [2.24, 2.45) is 0 Å². The van der Waals surface area contributed by atoms with Crippen molar-refractivity contribution in [3.63, 3.8) is 0 Å². The fourth-order valence-electron chi connectivity index (χ4n) is 3.39. The highest BCUT2D eigenvalue weighted by molar-refractivity contribution is 5.57. The van der Waals surface area contributed by atoms with Crippen LogP contribution < -0.4 is 14.4 Å². The first-order valence-corrected chi connectivity index (χ1v) is 7.96. The monoisotopic (exact) mass is 341 g/mol. The fraction of sp³-hybridized carbons (Fsp3) is 0.353. The molecule has 0 amide bonds. The molecule has 0 radical (unpaired) electrons. The Morgan fingerprint density at radius 1 is 1.20 bits per heavy atom. The second-order valence-corrected chi connectivity index (χ2v) is 5.99. The molecule has 0 fully saturated rings. The number of anilines is 1. The zero-order valence-electron chi connectivity index (χ0n) is 14.3. The first-order valence-electron chi connectivity index (χ1n) is 7.96. The van der Waals surface area contributed by atoms with Gasteiger partial charge in [-0.3, -0.25) is 0 Å². The second-order valence-electron chi connectivity index (χ2n) is 5.99. The van der Waals surface area contributed by atoms with Crippen molar-refractivity contribution in [1.82, 2.24) is 19.6 Å². The SMILES string of the molecule is COc1ccc(OC)c2c1CN(c1cc(C)nc3ncnn13)CC2O. The third-order valence-corrected chi connectivity index (χ3v) is 4.47. The summed E-state index contributed by atoms with van der Waals surface area (Å²) in [5, 5.41) is 15.0. The minimum Gasteiger partial charge on any atom is -0.496 e. The van der Waals surface area contributed by atoms with Gasteiger partial charge in [-0.1, -0.05) is 0 Å². The number of methoxy groups -OCH3 is 2. The summed E-state index contributed by atoms with van der Waals surface area (Å²) < 4.78 is 12.6. The number of fused-ring (bicyclic) bond motifs is 2. The summed E-state index contributed by atoms with van der Waals surface area (Å²) in [6, 6.07) is 5.62.